The molecule has 0 aromatic heterocycles. The van der Waals surface area contributed by atoms with Crippen LogP contribution in [-0.2, 0) is 20.4 Å². The Balaban J connectivity index is 2.13. The molecule has 2 N–H and O–H groups in total. The number of hydrogen-bond donors (Lipinski definition) is 2. The van der Waals surface area contributed by atoms with Gasteiger partial charge >= 0.3 is 5.97 Å². The fraction of sp³-hybridized carbons (Fsp3) is 0.381. The van der Waals surface area contributed by atoms with Gasteiger partial charge in [-0.3, -0.25) is 4.79 Å². The maximum Gasteiger partial charge on any atom is 0.303 e. The molecule has 0 aliphatic carbocycles. The van der Waals surface area contributed by atoms with Crippen molar-refractivity contribution in [2.75, 3.05) is 0 Å². The van der Waals surface area contributed by atoms with Crippen molar-refractivity contribution in [3.8, 4) is 0 Å². The van der Waals surface area contributed by atoms with Gasteiger partial charge in [0, 0.05) is 11.4 Å². The van der Waals surface area contributed by atoms with E-state index in [1.165, 1.54) is 12.1 Å². The van der Waals surface area contributed by atoms with E-state index in [0.29, 0.717) is 17.9 Å². The lowest BCUT2D eigenvalue weighted by Gasteiger charge is -2.31. The highest BCUT2D eigenvalue weighted by molar-refractivity contribution is 7.89. The quantitative estimate of drug-likeness (QED) is 0.500. The van der Waals surface area contributed by atoms with Crippen LogP contribution >= 0.6 is 11.6 Å². The number of hydrogen-bond acceptors (Lipinski definition) is 3. The summed E-state index contributed by atoms with van der Waals surface area (Å²) in [6, 6.07) is 15.6. The average molecular weight is 424 g/mol. The van der Waals surface area contributed by atoms with Crippen molar-refractivity contribution in [1.82, 2.24) is 4.72 Å². The zero-order valence-corrected chi connectivity index (χ0v) is 17.5. The van der Waals surface area contributed by atoms with Gasteiger partial charge in [-0.25, -0.2) is 13.1 Å². The van der Waals surface area contributed by atoms with Gasteiger partial charge in [0.2, 0.25) is 10.0 Å². The second-order valence-electron chi connectivity index (χ2n) is 7.07. The van der Waals surface area contributed by atoms with E-state index in [1.807, 2.05) is 37.3 Å². The molecular formula is C21H26ClNO4S. The van der Waals surface area contributed by atoms with Crippen LogP contribution in [0.5, 0.6) is 0 Å². The Morgan fingerprint density at radius 2 is 1.61 bits per heavy atom. The van der Waals surface area contributed by atoms with E-state index in [2.05, 4.69) is 4.72 Å². The predicted molar refractivity (Wildman–Crippen MR) is 111 cm³/mol. The lowest BCUT2D eigenvalue weighted by molar-refractivity contribution is -0.137. The van der Waals surface area contributed by atoms with E-state index < -0.39 is 21.5 Å². The largest absolute Gasteiger partial charge is 0.481 e. The maximum absolute atomic E-state index is 12.9. The Morgan fingerprint density at radius 1 is 1.00 bits per heavy atom. The minimum Gasteiger partial charge on any atom is -0.481 e. The molecule has 0 saturated carbocycles. The molecule has 0 saturated heterocycles. The van der Waals surface area contributed by atoms with Gasteiger partial charge in [-0.1, -0.05) is 61.2 Å². The molecule has 0 aliphatic rings. The highest BCUT2D eigenvalue weighted by Crippen LogP contribution is 2.30. The summed E-state index contributed by atoms with van der Waals surface area (Å²) in [5.74, 6) is -0.787. The van der Waals surface area contributed by atoms with Gasteiger partial charge in [0.25, 0.3) is 0 Å². The summed E-state index contributed by atoms with van der Waals surface area (Å²) in [4.78, 5) is 10.8. The van der Waals surface area contributed by atoms with Crippen LogP contribution in [0.25, 0.3) is 0 Å². The smallest absolute Gasteiger partial charge is 0.303 e. The number of carbonyl (C=O) groups is 1. The zero-order chi connectivity index (χ0) is 20.6. The van der Waals surface area contributed by atoms with Crippen LogP contribution in [0.2, 0.25) is 5.02 Å². The summed E-state index contributed by atoms with van der Waals surface area (Å²) in [5, 5.41) is 9.19. The highest BCUT2D eigenvalue weighted by atomic mass is 35.5. The third kappa shape index (κ3) is 6.62. The molecule has 7 heteroatoms. The van der Waals surface area contributed by atoms with Crippen LogP contribution in [0.3, 0.4) is 0 Å². The Labute approximate surface area is 171 Å². The number of sulfonamides is 1. The van der Waals surface area contributed by atoms with E-state index in [9.17, 15) is 13.2 Å². The van der Waals surface area contributed by atoms with E-state index in [-0.39, 0.29) is 11.3 Å². The average Bonchev–Trinajstić information content (AvgIpc) is 2.65. The number of aliphatic carboxylic acids is 1. The topological polar surface area (TPSA) is 83.5 Å². The molecule has 0 aliphatic heterocycles. The van der Waals surface area contributed by atoms with Crippen molar-refractivity contribution in [3.63, 3.8) is 0 Å². The van der Waals surface area contributed by atoms with Crippen LogP contribution in [0.4, 0.5) is 0 Å². The second-order valence-corrected chi connectivity index (χ2v) is 9.18. The van der Waals surface area contributed by atoms with Crippen molar-refractivity contribution >= 4 is 27.6 Å². The van der Waals surface area contributed by atoms with E-state index in [1.54, 1.807) is 12.1 Å². The van der Waals surface area contributed by atoms with E-state index in [4.69, 9.17) is 16.7 Å². The van der Waals surface area contributed by atoms with Gasteiger partial charge in [0.15, 0.2) is 0 Å². The second kappa shape index (κ2) is 10.0. The van der Waals surface area contributed by atoms with E-state index >= 15 is 0 Å². The van der Waals surface area contributed by atoms with Crippen LogP contribution in [0, 0.1) is 0 Å². The normalized spacial score (nSPS) is 13.8. The standard InChI is InChI=1S/C21H26ClNO4S/c1-21(17-9-5-4-6-10-17,16-8-3-2-7-11-20(24)25)23-28(26,27)19-14-12-18(22)13-15-19/h4-6,9-10,12-15,23H,2-3,7-8,11,16H2,1H3,(H,24,25). The SMILES string of the molecule is CC(CCCCCCC(=O)O)(NS(=O)(=O)c1ccc(Cl)cc1)c1ccccc1. The molecule has 0 radical (unpaired) electrons. The first-order valence-corrected chi connectivity index (χ1v) is 11.2. The molecule has 5 nitrogen and oxygen atoms in total. The maximum atomic E-state index is 12.9. The first-order chi connectivity index (χ1) is 13.2. The Kier molecular flexibility index (Phi) is 8.04. The third-order valence-corrected chi connectivity index (χ3v) is 6.58. The van der Waals surface area contributed by atoms with Gasteiger partial charge < -0.3 is 5.11 Å². The number of halogens is 1. The molecule has 2 rings (SSSR count). The molecule has 0 bridgehead atoms. The number of benzene rings is 2. The van der Waals surface area contributed by atoms with Gasteiger partial charge in [-0.2, -0.15) is 0 Å². The van der Waals surface area contributed by atoms with Crippen LogP contribution < -0.4 is 4.72 Å². The van der Waals surface area contributed by atoms with Crippen molar-refractivity contribution < 1.29 is 18.3 Å². The van der Waals surface area contributed by atoms with Crippen LogP contribution in [-0.4, -0.2) is 19.5 Å². The first-order valence-electron chi connectivity index (χ1n) is 9.30. The highest BCUT2D eigenvalue weighted by Gasteiger charge is 2.32. The number of unbranched alkanes of at least 4 members (excludes halogenated alkanes) is 3. The Hall–Kier alpha value is -1.89. The molecule has 152 valence electrons. The molecule has 2 aromatic rings. The zero-order valence-electron chi connectivity index (χ0n) is 15.9. The molecule has 0 amide bonds. The molecule has 0 spiro atoms. The summed E-state index contributed by atoms with van der Waals surface area (Å²) in [6.45, 7) is 1.88. The lowest BCUT2D eigenvalue weighted by Crippen LogP contribution is -2.43. The van der Waals surface area contributed by atoms with Crippen molar-refractivity contribution in [2.45, 2.75) is 55.9 Å². The molecule has 0 fully saturated rings. The minimum absolute atomic E-state index is 0.166. The van der Waals surface area contributed by atoms with Crippen molar-refractivity contribution in [1.29, 1.82) is 0 Å². The molecule has 0 heterocycles. The molecule has 1 atom stereocenters. The Morgan fingerprint density at radius 3 is 2.21 bits per heavy atom. The minimum atomic E-state index is -3.73. The van der Waals surface area contributed by atoms with Gasteiger partial charge in [0.05, 0.1) is 10.4 Å². The fourth-order valence-corrected chi connectivity index (χ4v) is 4.69. The molecule has 1 unspecified atom stereocenters. The van der Waals surface area contributed by atoms with Gasteiger partial charge in [0.1, 0.15) is 0 Å². The number of nitrogens with one attached hydrogen (secondary N) is 1. The summed E-state index contributed by atoms with van der Waals surface area (Å²) in [5.41, 5.74) is 0.116. The summed E-state index contributed by atoms with van der Waals surface area (Å²) < 4.78 is 28.7. The first kappa shape index (κ1) is 22.4. The molecule has 2 aromatic carbocycles. The summed E-state index contributed by atoms with van der Waals surface area (Å²) >= 11 is 5.87. The van der Waals surface area contributed by atoms with Crippen LogP contribution in [0.15, 0.2) is 59.5 Å². The lowest BCUT2D eigenvalue weighted by atomic mass is 9.87. The predicted octanol–water partition coefficient (Wildman–Crippen LogP) is 4.96. The molecule has 28 heavy (non-hydrogen) atoms. The number of carboxylic acid groups (broad SMARTS) is 1. The van der Waals surface area contributed by atoms with Crippen molar-refractivity contribution in [2.24, 2.45) is 0 Å². The number of rotatable bonds is 11. The third-order valence-electron chi connectivity index (χ3n) is 4.71. The van der Waals surface area contributed by atoms with Crippen LogP contribution in [0.1, 0.15) is 51.0 Å². The van der Waals surface area contributed by atoms with E-state index in [0.717, 1.165) is 24.8 Å². The molecular weight excluding hydrogens is 398 g/mol. The monoisotopic (exact) mass is 423 g/mol. The fourth-order valence-electron chi connectivity index (χ4n) is 3.14. The summed E-state index contributed by atoms with van der Waals surface area (Å²) in [7, 11) is -3.73. The Bertz CT molecular complexity index is 869. The van der Waals surface area contributed by atoms with Gasteiger partial charge in [-0.05, 0) is 49.6 Å². The summed E-state index contributed by atoms with van der Waals surface area (Å²) in [6.07, 6.45) is 3.84. The number of carboxylic acids is 1. The van der Waals surface area contributed by atoms with Gasteiger partial charge in [-0.15, -0.1) is 0 Å². The van der Waals surface area contributed by atoms with Crippen molar-refractivity contribution in [3.05, 3.63) is 65.2 Å².